The summed E-state index contributed by atoms with van der Waals surface area (Å²) in [6.45, 7) is 5.90. The molecule has 2 amide bonds. The second kappa shape index (κ2) is 9.37. The third-order valence-electron chi connectivity index (χ3n) is 3.13. The molecule has 5 nitrogen and oxygen atoms in total. The minimum Gasteiger partial charge on any atom is -0.351 e. The summed E-state index contributed by atoms with van der Waals surface area (Å²) in [7, 11) is 0. The van der Waals surface area contributed by atoms with Gasteiger partial charge in [0.2, 0.25) is 11.8 Å². The van der Waals surface area contributed by atoms with Crippen molar-refractivity contribution in [3.63, 3.8) is 0 Å². The van der Waals surface area contributed by atoms with Gasteiger partial charge in [-0.05, 0) is 31.0 Å². The number of amides is 2. The van der Waals surface area contributed by atoms with Crippen LogP contribution in [0.15, 0.2) is 24.3 Å². The van der Waals surface area contributed by atoms with Gasteiger partial charge < -0.3 is 16.4 Å². The van der Waals surface area contributed by atoms with Crippen molar-refractivity contribution >= 4 is 29.9 Å². The van der Waals surface area contributed by atoms with Crippen LogP contribution in [0.2, 0.25) is 0 Å². The highest BCUT2D eigenvalue weighted by molar-refractivity contribution is 5.92. The molecule has 21 heavy (non-hydrogen) atoms. The fraction of sp³-hybridized carbons (Fsp3) is 0.467. The number of anilines is 1. The Morgan fingerprint density at radius 3 is 2.48 bits per heavy atom. The smallest absolute Gasteiger partial charge is 0.236 e. The summed E-state index contributed by atoms with van der Waals surface area (Å²) in [5.41, 5.74) is 7.13. The highest BCUT2D eigenvalue weighted by atomic mass is 35.5. The predicted octanol–water partition coefficient (Wildman–Crippen LogP) is 2.06. The van der Waals surface area contributed by atoms with Gasteiger partial charge in [0.05, 0.1) is 6.04 Å². The zero-order chi connectivity index (χ0) is 15.1. The van der Waals surface area contributed by atoms with Crippen molar-refractivity contribution in [2.24, 2.45) is 11.7 Å². The number of nitrogens with one attached hydrogen (secondary N) is 2. The van der Waals surface area contributed by atoms with E-state index in [4.69, 9.17) is 5.73 Å². The second-order valence-corrected chi connectivity index (χ2v) is 5.01. The van der Waals surface area contributed by atoms with Gasteiger partial charge in [-0.15, -0.1) is 12.4 Å². The molecule has 1 rings (SSSR count). The standard InChI is InChI=1S/C15H23N3O2.ClH/c1-4-10(2)14(19)18-13-7-5-6-12(8-13)9-17-15(20)11(3)16;/h5-8,10-11H,4,9,16H2,1-3H3,(H,17,20)(H,18,19);1H/t10?,11-;/m1./s1. The van der Waals surface area contributed by atoms with E-state index in [0.717, 1.165) is 17.7 Å². The average molecular weight is 314 g/mol. The molecule has 0 bridgehead atoms. The van der Waals surface area contributed by atoms with Gasteiger partial charge in [0.15, 0.2) is 0 Å². The molecule has 0 saturated carbocycles. The van der Waals surface area contributed by atoms with E-state index in [1.807, 2.05) is 38.1 Å². The quantitative estimate of drug-likeness (QED) is 0.751. The van der Waals surface area contributed by atoms with Crippen molar-refractivity contribution in [2.75, 3.05) is 5.32 Å². The predicted molar refractivity (Wildman–Crippen MR) is 87.3 cm³/mol. The van der Waals surface area contributed by atoms with Gasteiger partial charge in [0.25, 0.3) is 0 Å². The van der Waals surface area contributed by atoms with Crippen molar-refractivity contribution < 1.29 is 9.59 Å². The van der Waals surface area contributed by atoms with E-state index in [-0.39, 0.29) is 30.1 Å². The molecule has 0 aliphatic rings. The maximum atomic E-state index is 11.8. The number of hydrogen-bond donors (Lipinski definition) is 3. The van der Waals surface area contributed by atoms with Gasteiger partial charge in [-0.2, -0.15) is 0 Å². The molecule has 0 aliphatic heterocycles. The average Bonchev–Trinajstić information content (AvgIpc) is 2.43. The Morgan fingerprint density at radius 1 is 1.24 bits per heavy atom. The lowest BCUT2D eigenvalue weighted by Gasteiger charge is -2.12. The Morgan fingerprint density at radius 2 is 1.90 bits per heavy atom. The van der Waals surface area contributed by atoms with Crippen LogP contribution in [0.4, 0.5) is 5.69 Å². The summed E-state index contributed by atoms with van der Waals surface area (Å²) in [6.07, 6.45) is 0.802. The molecule has 0 heterocycles. The molecule has 0 saturated heterocycles. The van der Waals surface area contributed by atoms with Crippen LogP contribution < -0.4 is 16.4 Å². The van der Waals surface area contributed by atoms with E-state index < -0.39 is 6.04 Å². The maximum absolute atomic E-state index is 11.8. The first-order valence-electron chi connectivity index (χ1n) is 6.87. The summed E-state index contributed by atoms with van der Waals surface area (Å²) < 4.78 is 0. The van der Waals surface area contributed by atoms with Gasteiger partial charge in [-0.25, -0.2) is 0 Å². The molecule has 118 valence electrons. The lowest BCUT2D eigenvalue weighted by Crippen LogP contribution is -2.37. The molecule has 2 atom stereocenters. The SMILES string of the molecule is CCC(C)C(=O)Nc1cccc(CNC(=O)[C@@H](C)N)c1.Cl. The number of halogens is 1. The Balaban J connectivity index is 0.00000400. The lowest BCUT2D eigenvalue weighted by atomic mass is 10.1. The third-order valence-corrected chi connectivity index (χ3v) is 3.13. The molecule has 0 fully saturated rings. The topological polar surface area (TPSA) is 84.2 Å². The summed E-state index contributed by atoms with van der Waals surface area (Å²) in [5.74, 6) is -0.209. The van der Waals surface area contributed by atoms with Crippen LogP contribution in [0.25, 0.3) is 0 Å². The Kier molecular flexibility index (Phi) is 8.66. The highest BCUT2D eigenvalue weighted by Gasteiger charge is 2.11. The zero-order valence-electron chi connectivity index (χ0n) is 12.7. The van der Waals surface area contributed by atoms with Crippen LogP contribution in [0.1, 0.15) is 32.8 Å². The van der Waals surface area contributed by atoms with Crippen LogP contribution in [0.5, 0.6) is 0 Å². The van der Waals surface area contributed by atoms with Crippen LogP contribution in [0.3, 0.4) is 0 Å². The molecule has 0 spiro atoms. The van der Waals surface area contributed by atoms with E-state index in [1.54, 1.807) is 6.92 Å². The first kappa shape index (κ1) is 19.4. The molecule has 0 radical (unpaired) electrons. The van der Waals surface area contributed by atoms with Gasteiger partial charge in [0.1, 0.15) is 0 Å². The highest BCUT2D eigenvalue weighted by Crippen LogP contribution is 2.13. The fourth-order valence-corrected chi connectivity index (χ4v) is 1.56. The van der Waals surface area contributed by atoms with Crippen molar-refractivity contribution in [3.8, 4) is 0 Å². The third kappa shape index (κ3) is 6.60. The van der Waals surface area contributed by atoms with Crippen molar-refractivity contribution in [3.05, 3.63) is 29.8 Å². The van der Waals surface area contributed by atoms with Crippen LogP contribution >= 0.6 is 12.4 Å². The molecule has 1 aromatic rings. The van der Waals surface area contributed by atoms with E-state index in [1.165, 1.54) is 0 Å². The molecule has 4 N–H and O–H groups in total. The number of benzene rings is 1. The molecule has 0 aromatic heterocycles. The number of hydrogen-bond acceptors (Lipinski definition) is 3. The largest absolute Gasteiger partial charge is 0.351 e. The van der Waals surface area contributed by atoms with E-state index >= 15 is 0 Å². The van der Waals surface area contributed by atoms with Gasteiger partial charge in [-0.1, -0.05) is 26.0 Å². The van der Waals surface area contributed by atoms with Gasteiger partial charge in [0, 0.05) is 18.2 Å². The lowest BCUT2D eigenvalue weighted by molar-refractivity contribution is -0.122. The molecular weight excluding hydrogens is 290 g/mol. The molecule has 0 aliphatic carbocycles. The van der Waals surface area contributed by atoms with Crippen molar-refractivity contribution in [1.29, 1.82) is 0 Å². The molecule has 1 aromatic carbocycles. The minimum absolute atomic E-state index is 0. The monoisotopic (exact) mass is 313 g/mol. The number of carbonyl (C=O) groups excluding carboxylic acids is 2. The zero-order valence-corrected chi connectivity index (χ0v) is 13.5. The van der Waals surface area contributed by atoms with E-state index in [9.17, 15) is 9.59 Å². The summed E-state index contributed by atoms with van der Waals surface area (Å²) in [5, 5.41) is 5.60. The Hall–Kier alpha value is -1.59. The summed E-state index contributed by atoms with van der Waals surface area (Å²) in [6, 6.07) is 6.89. The van der Waals surface area contributed by atoms with Crippen LogP contribution in [-0.2, 0) is 16.1 Å². The molecule has 1 unspecified atom stereocenters. The first-order valence-corrected chi connectivity index (χ1v) is 6.87. The summed E-state index contributed by atoms with van der Waals surface area (Å²) >= 11 is 0. The van der Waals surface area contributed by atoms with Gasteiger partial charge >= 0.3 is 0 Å². The summed E-state index contributed by atoms with van der Waals surface area (Å²) in [4.78, 5) is 23.2. The van der Waals surface area contributed by atoms with Crippen LogP contribution in [0, 0.1) is 5.92 Å². The number of carbonyl (C=O) groups is 2. The van der Waals surface area contributed by atoms with Crippen LogP contribution in [-0.4, -0.2) is 17.9 Å². The first-order chi connectivity index (χ1) is 9.43. The minimum atomic E-state index is -0.525. The van der Waals surface area contributed by atoms with E-state index in [0.29, 0.717) is 6.54 Å². The van der Waals surface area contributed by atoms with Gasteiger partial charge in [-0.3, -0.25) is 9.59 Å². The number of rotatable bonds is 6. The second-order valence-electron chi connectivity index (χ2n) is 5.01. The molecular formula is C15H24ClN3O2. The van der Waals surface area contributed by atoms with Crippen molar-refractivity contribution in [2.45, 2.75) is 39.8 Å². The fourth-order valence-electron chi connectivity index (χ4n) is 1.56. The number of nitrogens with two attached hydrogens (primary N) is 1. The molecule has 6 heteroatoms. The van der Waals surface area contributed by atoms with Crippen molar-refractivity contribution in [1.82, 2.24) is 5.32 Å². The van der Waals surface area contributed by atoms with E-state index in [2.05, 4.69) is 10.6 Å². The normalized spacial score (nSPS) is 12.8. The maximum Gasteiger partial charge on any atom is 0.236 e. The Labute approximate surface area is 132 Å². The Bertz CT molecular complexity index is 478.